The van der Waals surface area contributed by atoms with Crippen LogP contribution in [0.5, 0.6) is 0 Å². The summed E-state index contributed by atoms with van der Waals surface area (Å²) >= 11 is 0. The van der Waals surface area contributed by atoms with E-state index < -0.39 is 0 Å². The summed E-state index contributed by atoms with van der Waals surface area (Å²) in [5.74, 6) is 1.82. The molecular formula is C18H30N6O. The molecule has 1 saturated carbocycles. The highest BCUT2D eigenvalue weighted by Crippen LogP contribution is 2.27. The zero-order valence-corrected chi connectivity index (χ0v) is 15.4. The van der Waals surface area contributed by atoms with Gasteiger partial charge in [-0.1, -0.05) is 25.7 Å². The molecule has 2 fully saturated rings. The number of aryl methyl sites for hydroxylation is 1. The maximum atomic E-state index is 12.6. The number of hydrogen-bond donors (Lipinski definition) is 1. The first-order valence-corrected chi connectivity index (χ1v) is 9.49. The molecule has 1 aliphatic heterocycles. The minimum absolute atomic E-state index is 0.0978. The Labute approximate surface area is 150 Å². The number of carbonyl (C=O) groups excluding carboxylic acids is 1. The van der Waals surface area contributed by atoms with Crippen molar-refractivity contribution in [2.45, 2.75) is 39.0 Å². The summed E-state index contributed by atoms with van der Waals surface area (Å²) in [6, 6.07) is 0. The van der Waals surface area contributed by atoms with Crippen LogP contribution >= 0.6 is 0 Å². The van der Waals surface area contributed by atoms with Gasteiger partial charge in [0, 0.05) is 39.4 Å². The summed E-state index contributed by atoms with van der Waals surface area (Å²) in [7, 11) is 1.87. The number of carbonyl (C=O) groups is 1. The Morgan fingerprint density at radius 1 is 1.36 bits per heavy atom. The van der Waals surface area contributed by atoms with Gasteiger partial charge in [-0.05, 0) is 19.3 Å². The number of anilines is 1. The van der Waals surface area contributed by atoms with Gasteiger partial charge in [-0.25, -0.2) is 0 Å². The van der Waals surface area contributed by atoms with E-state index in [9.17, 15) is 4.79 Å². The van der Waals surface area contributed by atoms with Gasteiger partial charge in [-0.2, -0.15) is 5.10 Å². The van der Waals surface area contributed by atoms with E-state index in [0.717, 1.165) is 37.2 Å². The van der Waals surface area contributed by atoms with Crippen molar-refractivity contribution in [3.05, 3.63) is 12.4 Å². The summed E-state index contributed by atoms with van der Waals surface area (Å²) in [5.41, 5.74) is 0.871. The summed E-state index contributed by atoms with van der Waals surface area (Å²) in [5, 5.41) is 7.51. The predicted molar refractivity (Wildman–Crippen MR) is 99.7 cm³/mol. The van der Waals surface area contributed by atoms with Gasteiger partial charge in [-0.15, -0.1) is 0 Å². The maximum Gasteiger partial charge on any atom is 0.246 e. The molecule has 7 nitrogen and oxygen atoms in total. The average molecular weight is 346 g/mol. The first-order chi connectivity index (χ1) is 12.2. The molecule has 138 valence electrons. The molecule has 7 heteroatoms. The molecule has 1 N–H and O–H groups in total. The molecule has 1 aromatic heterocycles. The van der Waals surface area contributed by atoms with Crippen LogP contribution in [0.15, 0.2) is 17.4 Å². The quantitative estimate of drug-likeness (QED) is 0.650. The topological polar surface area (TPSA) is 65.8 Å². The zero-order chi connectivity index (χ0) is 17.6. The van der Waals surface area contributed by atoms with Gasteiger partial charge in [0.2, 0.25) is 5.91 Å². The lowest BCUT2D eigenvalue weighted by atomic mass is 10.0. The number of amides is 1. The van der Waals surface area contributed by atoms with Crippen LogP contribution in [0.1, 0.15) is 39.0 Å². The third-order valence-electron chi connectivity index (χ3n) is 5.13. The number of nitrogens with zero attached hydrogens (tertiary/aromatic N) is 5. The molecule has 1 aromatic rings. The maximum absolute atomic E-state index is 12.6. The van der Waals surface area contributed by atoms with E-state index >= 15 is 0 Å². The molecule has 0 unspecified atom stereocenters. The van der Waals surface area contributed by atoms with E-state index in [1.54, 1.807) is 10.9 Å². The third-order valence-corrected chi connectivity index (χ3v) is 5.13. The highest BCUT2D eigenvalue weighted by Gasteiger charge is 2.27. The standard InChI is InChI=1S/C18H30N6O/c1-3-19-18(20-9-8-15-6-4-5-7-15)23-10-11-24(17(25)14-23)16-12-21-22(2)13-16/h12-13,15H,3-11,14H2,1-2H3,(H,19,20). The number of rotatable bonds is 5. The Morgan fingerprint density at radius 2 is 2.16 bits per heavy atom. The van der Waals surface area contributed by atoms with Gasteiger partial charge in [-0.3, -0.25) is 14.5 Å². The van der Waals surface area contributed by atoms with Gasteiger partial charge in [0.25, 0.3) is 0 Å². The van der Waals surface area contributed by atoms with E-state index in [1.807, 2.05) is 18.1 Å². The Kier molecular flexibility index (Phi) is 5.94. The van der Waals surface area contributed by atoms with Crippen LogP contribution in [0.25, 0.3) is 0 Å². The van der Waals surface area contributed by atoms with Crippen LogP contribution in [-0.2, 0) is 11.8 Å². The van der Waals surface area contributed by atoms with Crippen LogP contribution in [0.3, 0.4) is 0 Å². The second kappa shape index (κ2) is 8.36. The van der Waals surface area contributed by atoms with E-state index in [-0.39, 0.29) is 5.91 Å². The van der Waals surface area contributed by atoms with Gasteiger partial charge < -0.3 is 15.1 Å². The lowest BCUT2D eigenvalue weighted by Gasteiger charge is -2.35. The van der Waals surface area contributed by atoms with Crippen molar-refractivity contribution >= 4 is 17.6 Å². The van der Waals surface area contributed by atoms with E-state index in [2.05, 4.69) is 22.2 Å². The SMILES string of the molecule is CCNC(=NCCC1CCCC1)N1CCN(c2cnn(C)c2)C(=O)C1. The van der Waals surface area contributed by atoms with E-state index in [1.165, 1.54) is 32.1 Å². The van der Waals surface area contributed by atoms with Crippen LogP contribution in [0.4, 0.5) is 5.69 Å². The lowest BCUT2D eigenvalue weighted by molar-refractivity contribution is -0.120. The van der Waals surface area contributed by atoms with Crippen molar-refractivity contribution in [3.63, 3.8) is 0 Å². The highest BCUT2D eigenvalue weighted by atomic mass is 16.2. The van der Waals surface area contributed by atoms with Gasteiger partial charge >= 0.3 is 0 Å². The van der Waals surface area contributed by atoms with Gasteiger partial charge in [0.1, 0.15) is 6.54 Å². The van der Waals surface area contributed by atoms with Crippen LogP contribution < -0.4 is 10.2 Å². The van der Waals surface area contributed by atoms with Gasteiger partial charge in [0.15, 0.2) is 5.96 Å². The molecular weight excluding hydrogens is 316 g/mol. The summed E-state index contributed by atoms with van der Waals surface area (Å²) in [4.78, 5) is 21.2. The Hall–Kier alpha value is -2.05. The number of nitrogens with one attached hydrogen (secondary N) is 1. The summed E-state index contributed by atoms with van der Waals surface area (Å²) < 4.78 is 1.73. The number of guanidine groups is 1. The fraction of sp³-hybridized carbons (Fsp3) is 0.722. The average Bonchev–Trinajstić information content (AvgIpc) is 3.26. The Bertz CT molecular complexity index is 604. The van der Waals surface area contributed by atoms with Crippen LogP contribution in [-0.4, -0.2) is 59.3 Å². The van der Waals surface area contributed by atoms with Crippen molar-refractivity contribution in [2.75, 3.05) is 37.6 Å². The van der Waals surface area contributed by atoms with E-state index in [0.29, 0.717) is 13.1 Å². The zero-order valence-electron chi connectivity index (χ0n) is 15.4. The monoisotopic (exact) mass is 346 g/mol. The summed E-state index contributed by atoms with van der Waals surface area (Å²) in [6.07, 6.45) is 10.3. The van der Waals surface area contributed by atoms with Crippen molar-refractivity contribution < 1.29 is 4.79 Å². The Balaban J connectivity index is 1.57. The molecule has 1 amide bonds. The van der Waals surface area contributed by atoms with Crippen LogP contribution in [0, 0.1) is 5.92 Å². The fourth-order valence-corrected chi connectivity index (χ4v) is 3.75. The fourth-order valence-electron chi connectivity index (χ4n) is 3.75. The molecule has 1 saturated heterocycles. The number of aromatic nitrogens is 2. The largest absolute Gasteiger partial charge is 0.357 e. The minimum atomic E-state index is 0.0978. The second-order valence-corrected chi connectivity index (χ2v) is 7.01. The van der Waals surface area contributed by atoms with Crippen molar-refractivity contribution in [3.8, 4) is 0 Å². The smallest absolute Gasteiger partial charge is 0.246 e. The van der Waals surface area contributed by atoms with Crippen molar-refractivity contribution in [2.24, 2.45) is 18.0 Å². The molecule has 0 radical (unpaired) electrons. The number of aliphatic imine (C=N–C) groups is 1. The number of hydrogen-bond acceptors (Lipinski definition) is 3. The second-order valence-electron chi connectivity index (χ2n) is 7.01. The Morgan fingerprint density at radius 3 is 2.80 bits per heavy atom. The molecule has 2 aliphatic rings. The predicted octanol–water partition coefficient (Wildman–Crippen LogP) is 1.61. The molecule has 0 atom stereocenters. The molecule has 1 aliphatic carbocycles. The summed E-state index contributed by atoms with van der Waals surface area (Å²) in [6.45, 7) is 5.56. The highest BCUT2D eigenvalue weighted by molar-refractivity contribution is 5.98. The third kappa shape index (κ3) is 4.52. The van der Waals surface area contributed by atoms with Crippen molar-refractivity contribution in [1.29, 1.82) is 0 Å². The normalized spacial score (nSPS) is 19.8. The molecule has 25 heavy (non-hydrogen) atoms. The van der Waals surface area contributed by atoms with Crippen LogP contribution in [0.2, 0.25) is 0 Å². The van der Waals surface area contributed by atoms with Crippen molar-refractivity contribution in [1.82, 2.24) is 20.0 Å². The molecule has 0 bridgehead atoms. The lowest BCUT2D eigenvalue weighted by Crippen LogP contribution is -2.55. The minimum Gasteiger partial charge on any atom is -0.357 e. The molecule has 2 heterocycles. The first kappa shape index (κ1) is 17.8. The van der Waals surface area contributed by atoms with Gasteiger partial charge in [0.05, 0.1) is 11.9 Å². The molecule has 3 rings (SSSR count). The van der Waals surface area contributed by atoms with E-state index in [4.69, 9.17) is 4.99 Å². The molecule has 0 aromatic carbocycles. The number of piperazine rings is 1. The molecule has 0 spiro atoms. The first-order valence-electron chi connectivity index (χ1n) is 9.49.